The molecule has 0 heterocycles. The summed E-state index contributed by atoms with van der Waals surface area (Å²) >= 11 is 0. The SMILES string of the molecule is C[C@@]12CC[C@](C)(O)[C@@H]1[C@H](O)C2. The molecule has 2 N–H and O–H groups in total. The fraction of sp³-hybridized carbons (Fsp3) is 1.00. The van der Waals surface area contributed by atoms with Crippen molar-refractivity contribution in [1.29, 1.82) is 0 Å². The average Bonchev–Trinajstić information content (AvgIpc) is 1.98. The highest BCUT2D eigenvalue weighted by molar-refractivity contribution is 5.11. The van der Waals surface area contributed by atoms with Gasteiger partial charge in [0, 0.05) is 5.92 Å². The normalized spacial score (nSPS) is 62.2. The average molecular weight is 156 g/mol. The first-order valence-electron chi connectivity index (χ1n) is 4.36. The Hall–Kier alpha value is -0.0800. The summed E-state index contributed by atoms with van der Waals surface area (Å²) in [7, 11) is 0. The lowest BCUT2D eigenvalue weighted by Crippen LogP contribution is -2.54. The Kier molecular flexibility index (Phi) is 1.24. The van der Waals surface area contributed by atoms with Crippen molar-refractivity contribution in [3.63, 3.8) is 0 Å². The number of rotatable bonds is 0. The van der Waals surface area contributed by atoms with Gasteiger partial charge in [-0.3, -0.25) is 0 Å². The minimum absolute atomic E-state index is 0.134. The molecule has 2 saturated carbocycles. The third-order valence-electron chi connectivity index (χ3n) is 3.68. The van der Waals surface area contributed by atoms with E-state index in [1.165, 1.54) is 0 Å². The van der Waals surface area contributed by atoms with Gasteiger partial charge in [0.15, 0.2) is 0 Å². The molecular weight excluding hydrogens is 140 g/mol. The van der Waals surface area contributed by atoms with Crippen molar-refractivity contribution in [1.82, 2.24) is 0 Å². The number of aliphatic hydroxyl groups is 2. The van der Waals surface area contributed by atoms with Gasteiger partial charge in [0.05, 0.1) is 11.7 Å². The van der Waals surface area contributed by atoms with Crippen LogP contribution in [0.25, 0.3) is 0 Å². The molecule has 0 amide bonds. The Balaban J connectivity index is 2.24. The molecule has 0 unspecified atom stereocenters. The van der Waals surface area contributed by atoms with Gasteiger partial charge in [-0.1, -0.05) is 6.92 Å². The maximum absolute atomic E-state index is 9.86. The molecule has 11 heavy (non-hydrogen) atoms. The number of aliphatic hydroxyl groups excluding tert-OH is 1. The van der Waals surface area contributed by atoms with Gasteiger partial charge in [-0.05, 0) is 31.6 Å². The maximum atomic E-state index is 9.86. The summed E-state index contributed by atoms with van der Waals surface area (Å²) in [5.74, 6) is 0.134. The third-order valence-corrected chi connectivity index (χ3v) is 3.68. The highest BCUT2D eigenvalue weighted by Gasteiger charge is 2.61. The molecule has 0 aromatic carbocycles. The van der Waals surface area contributed by atoms with Gasteiger partial charge in [-0.25, -0.2) is 0 Å². The first-order valence-corrected chi connectivity index (χ1v) is 4.36. The van der Waals surface area contributed by atoms with Gasteiger partial charge >= 0.3 is 0 Å². The van der Waals surface area contributed by atoms with Gasteiger partial charge in [-0.15, -0.1) is 0 Å². The molecular formula is C9H16O2. The summed E-state index contributed by atoms with van der Waals surface area (Å²) < 4.78 is 0. The van der Waals surface area contributed by atoms with E-state index in [9.17, 15) is 10.2 Å². The second-order valence-corrected chi connectivity index (χ2v) is 4.76. The van der Waals surface area contributed by atoms with Crippen molar-refractivity contribution in [2.75, 3.05) is 0 Å². The quantitative estimate of drug-likeness (QED) is 0.547. The Bertz CT molecular complexity index is 176. The lowest BCUT2D eigenvalue weighted by atomic mass is 9.58. The van der Waals surface area contributed by atoms with Crippen molar-refractivity contribution < 1.29 is 10.2 Å². The van der Waals surface area contributed by atoms with E-state index < -0.39 is 5.60 Å². The Labute approximate surface area is 67.2 Å². The van der Waals surface area contributed by atoms with Crippen LogP contribution in [0.5, 0.6) is 0 Å². The fourth-order valence-corrected chi connectivity index (χ4v) is 3.14. The van der Waals surface area contributed by atoms with Crippen molar-refractivity contribution in [2.24, 2.45) is 11.3 Å². The molecule has 0 spiro atoms. The van der Waals surface area contributed by atoms with Crippen LogP contribution in [0.3, 0.4) is 0 Å². The molecule has 0 saturated heterocycles. The molecule has 2 fully saturated rings. The molecule has 0 radical (unpaired) electrons. The van der Waals surface area contributed by atoms with Gasteiger partial charge < -0.3 is 10.2 Å². The van der Waals surface area contributed by atoms with E-state index in [0.717, 1.165) is 19.3 Å². The van der Waals surface area contributed by atoms with Crippen LogP contribution >= 0.6 is 0 Å². The first kappa shape index (κ1) is 7.56. The summed E-state index contributed by atoms with van der Waals surface area (Å²) in [6, 6.07) is 0. The molecule has 2 aliphatic carbocycles. The topological polar surface area (TPSA) is 40.5 Å². The molecule has 4 atom stereocenters. The summed E-state index contributed by atoms with van der Waals surface area (Å²) in [6.07, 6.45) is 2.55. The third kappa shape index (κ3) is 0.798. The molecule has 0 aromatic heterocycles. The van der Waals surface area contributed by atoms with Gasteiger partial charge in [-0.2, -0.15) is 0 Å². The second kappa shape index (κ2) is 1.80. The van der Waals surface area contributed by atoms with Crippen molar-refractivity contribution >= 4 is 0 Å². The number of hydrogen-bond acceptors (Lipinski definition) is 2. The maximum Gasteiger partial charge on any atom is 0.0677 e. The lowest BCUT2D eigenvalue weighted by molar-refractivity contribution is -0.149. The summed E-state index contributed by atoms with van der Waals surface area (Å²) in [5.41, 5.74) is -0.366. The summed E-state index contributed by atoms with van der Waals surface area (Å²) in [4.78, 5) is 0. The molecule has 0 aromatic rings. The molecule has 64 valence electrons. The van der Waals surface area contributed by atoms with Crippen LogP contribution < -0.4 is 0 Å². The molecule has 2 aliphatic rings. The molecule has 0 aliphatic heterocycles. The predicted molar refractivity (Wildman–Crippen MR) is 42.1 cm³/mol. The molecule has 0 bridgehead atoms. The summed E-state index contributed by atoms with van der Waals surface area (Å²) in [5, 5.41) is 19.3. The van der Waals surface area contributed by atoms with Crippen molar-refractivity contribution in [3.8, 4) is 0 Å². The van der Waals surface area contributed by atoms with Crippen molar-refractivity contribution in [2.45, 2.75) is 44.8 Å². The van der Waals surface area contributed by atoms with E-state index in [-0.39, 0.29) is 17.4 Å². The van der Waals surface area contributed by atoms with E-state index in [4.69, 9.17) is 0 Å². The largest absolute Gasteiger partial charge is 0.393 e. The van der Waals surface area contributed by atoms with Crippen LogP contribution in [-0.4, -0.2) is 21.9 Å². The minimum Gasteiger partial charge on any atom is -0.393 e. The predicted octanol–water partition coefficient (Wildman–Crippen LogP) is 0.918. The number of fused-ring (bicyclic) bond motifs is 1. The van der Waals surface area contributed by atoms with E-state index >= 15 is 0 Å². The molecule has 2 heteroatoms. The highest BCUT2D eigenvalue weighted by atomic mass is 16.3. The fourth-order valence-electron chi connectivity index (χ4n) is 3.14. The Morgan fingerprint density at radius 3 is 2.27 bits per heavy atom. The van der Waals surface area contributed by atoms with Gasteiger partial charge in [0.1, 0.15) is 0 Å². The van der Waals surface area contributed by atoms with Crippen LogP contribution in [0.4, 0.5) is 0 Å². The second-order valence-electron chi connectivity index (χ2n) is 4.76. The Morgan fingerprint density at radius 2 is 1.91 bits per heavy atom. The zero-order valence-corrected chi connectivity index (χ0v) is 7.17. The van der Waals surface area contributed by atoms with Crippen LogP contribution in [0, 0.1) is 11.3 Å². The van der Waals surface area contributed by atoms with E-state index in [1.54, 1.807) is 0 Å². The first-order chi connectivity index (χ1) is 4.96. The van der Waals surface area contributed by atoms with Crippen LogP contribution in [0.15, 0.2) is 0 Å². The standard InChI is InChI=1S/C9H16O2/c1-8-3-4-9(2,11)7(8)6(10)5-8/h6-7,10-11H,3-5H2,1-2H3/t6-,7-,8+,9+/m1/s1. The molecule has 2 nitrogen and oxygen atoms in total. The van der Waals surface area contributed by atoms with E-state index in [1.807, 2.05) is 6.92 Å². The van der Waals surface area contributed by atoms with E-state index in [2.05, 4.69) is 6.92 Å². The van der Waals surface area contributed by atoms with Crippen LogP contribution in [-0.2, 0) is 0 Å². The van der Waals surface area contributed by atoms with Gasteiger partial charge in [0.25, 0.3) is 0 Å². The minimum atomic E-state index is -0.605. The summed E-state index contributed by atoms with van der Waals surface area (Å²) in [6.45, 7) is 4.02. The zero-order valence-electron chi connectivity index (χ0n) is 7.17. The smallest absolute Gasteiger partial charge is 0.0677 e. The van der Waals surface area contributed by atoms with Crippen molar-refractivity contribution in [3.05, 3.63) is 0 Å². The van der Waals surface area contributed by atoms with E-state index in [0.29, 0.717) is 0 Å². The number of hydrogen-bond donors (Lipinski definition) is 2. The zero-order chi connectivity index (χ0) is 8.28. The van der Waals surface area contributed by atoms with Gasteiger partial charge in [0.2, 0.25) is 0 Å². The Morgan fingerprint density at radius 1 is 1.27 bits per heavy atom. The monoisotopic (exact) mass is 156 g/mol. The lowest BCUT2D eigenvalue weighted by Gasteiger charge is -2.50. The highest BCUT2D eigenvalue weighted by Crippen LogP contribution is 2.61. The molecule has 2 rings (SSSR count). The van der Waals surface area contributed by atoms with Crippen LogP contribution in [0.2, 0.25) is 0 Å². The van der Waals surface area contributed by atoms with Crippen LogP contribution in [0.1, 0.15) is 33.1 Å².